The lowest BCUT2D eigenvalue weighted by Gasteiger charge is -2.16. The number of halogens is 7. The maximum Gasteiger partial charge on any atom is 0.491 e. The molecule has 10 rings (SSSR count). The summed E-state index contributed by atoms with van der Waals surface area (Å²) in [5.41, 5.74) is 17.9. The highest BCUT2D eigenvalue weighted by molar-refractivity contribution is 14.1. The van der Waals surface area contributed by atoms with Crippen LogP contribution in [0.5, 0.6) is 0 Å². The summed E-state index contributed by atoms with van der Waals surface area (Å²) in [6, 6.07) is 22.6. The van der Waals surface area contributed by atoms with Gasteiger partial charge in [0.2, 0.25) is 0 Å². The van der Waals surface area contributed by atoms with Crippen LogP contribution in [0, 0.1) is 3.57 Å². The van der Waals surface area contributed by atoms with Gasteiger partial charge in [-0.1, -0.05) is 95.3 Å². The Hall–Kier alpha value is -4.97. The van der Waals surface area contributed by atoms with Gasteiger partial charge in [0.05, 0.1) is 47.2 Å². The highest BCUT2D eigenvalue weighted by Crippen LogP contribution is 2.32. The number of nitrogens with zero attached hydrogens (tertiary/aromatic N) is 9. The number of anilines is 2. The number of nitrogens with two attached hydrogens (primary N) is 2. The number of H-pyrrole nitrogens is 1. The van der Waals surface area contributed by atoms with E-state index in [0.717, 1.165) is 76.9 Å². The molecule has 0 aromatic carbocycles. The normalized spacial score (nSPS) is 10.9. The molecule has 0 bridgehead atoms. The van der Waals surface area contributed by atoms with Gasteiger partial charge in [0.15, 0.2) is 0 Å². The number of aromatic nitrogens is 10. The second-order valence-corrected chi connectivity index (χ2v) is 25.0. The fraction of sp³-hybridized carbons (Fsp3) is 0.130. The third kappa shape index (κ3) is 15.0. The first-order valence-electron chi connectivity index (χ1n) is 20.8. The van der Waals surface area contributed by atoms with E-state index in [9.17, 15) is 0 Å². The Balaban J connectivity index is 0.000000149. The molecule has 0 radical (unpaired) electrons. The first-order chi connectivity index (χ1) is 33.4. The first-order valence-corrected chi connectivity index (χ1v) is 27.8. The number of aromatic amines is 1. The number of hydrogen-bond acceptors (Lipinski definition) is 13. The summed E-state index contributed by atoms with van der Waals surface area (Å²) in [4.78, 5) is 35.4. The summed E-state index contributed by atoms with van der Waals surface area (Å²) in [5.74, 6) is 0. The fourth-order valence-electron chi connectivity index (χ4n) is 6.32. The minimum Gasteiger partial charge on any atom is -0.423 e. The van der Waals surface area contributed by atoms with Crippen LogP contribution in [-0.4, -0.2) is 81.3 Å². The largest absolute Gasteiger partial charge is 0.491 e. The summed E-state index contributed by atoms with van der Waals surface area (Å²) in [5, 5.41) is 23.7. The maximum absolute atomic E-state index is 8.68. The van der Waals surface area contributed by atoms with Gasteiger partial charge in [-0.15, -0.1) is 0 Å². The Morgan fingerprint density at radius 2 is 1.19 bits per heavy atom. The second-order valence-electron chi connectivity index (χ2n) is 16.0. The van der Waals surface area contributed by atoms with Gasteiger partial charge in [0, 0.05) is 81.2 Å². The number of pyridine rings is 8. The minimum atomic E-state index is -1.60. The summed E-state index contributed by atoms with van der Waals surface area (Å²) in [6.45, 7) is 8.30. The van der Waals surface area contributed by atoms with Crippen LogP contribution in [0.2, 0.25) is 56.6 Å². The predicted molar refractivity (Wildman–Crippen MR) is 298 cm³/mol. The molecule has 0 aliphatic carbocycles. The molecular formula is C46H42BCl6IN12O3Si. The fourth-order valence-corrected chi connectivity index (χ4v) is 8.56. The van der Waals surface area contributed by atoms with Crippen molar-refractivity contribution in [2.24, 2.45) is 0 Å². The SMILES string of the molecule is C[Si](C)(C)CCOCn1c2cnccc2c2ccc(Cl)nc21.Clc1ccc2c(n1)[nH]c1cnccc12.Nc1cnccc1-c1ccc(Cl)nc1Cl.Nc1cnccc1I.OB(O)c1ccc(Cl)nc1Cl. The topological polar surface area (TPSA) is 226 Å². The molecule has 360 valence electrons. The van der Waals surface area contributed by atoms with Crippen LogP contribution >= 0.6 is 92.2 Å². The molecule has 24 heteroatoms. The Bertz CT molecular complexity index is 3350. The number of fused-ring (bicyclic) bond motifs is 6. The molecule has 70 heavy (non-hydrogen) atoms. The Labute approximate surface area is 447 Å². The van der Waals surface area contributed by atoms with E-state index in [-0.39, 0.29) is 15.8 Å². The third-order valence-electron chi connectivity index (χ3n) is 9.80. The standard InChI is InChI=1S/C16H20ClN3OSi.C10H7Cl2N3.C10H6ClN3.C5H4BCl2NO2.C5H5IN2/c1-22(2,3)9-8-21-11-20-14-10-18-7-6-12(14)13-4-5-15(17)19-16(13)20;11-9-2-1-7(10(12)15-9)6-3-4-14-5-8(6)13;11-9-2-1-7-6-3-4-12-5-8(6)13-10(7)14-9;7-4-2-1-3(6(10)11)5(8)9-4;6-4-1-2-8-3-5(4)7/h4-7,10H,8-9,11H2,1-3H3;1-5H,13H2;1-5H,(H,13,14);1-2,10-11H;1-3H,7H2. The van der Waals surface area contributed by atoms with E-state index in [1.54, 1.807) is 67.6 Å². The lowest BCUT2D eigenvalue weighted by molar-refractivity contribution is 0.0925. The highest BCUT2D eigenvalue weighted by Gasteiger charge is 2.17. The van der Waals surface area contributed by atoms with Crippen molar-refractivity contribution in [3.8, 4) is 11.1 Å². The summed E-state index contributed by atoms with van der Waals surface area (Å²) >= 11 is 36.7. The zero-order valence-electron chi connectivity index (χ0n) is 37.4. The summed E-state index contributed by atoms with van der Waals surface area (Å²) in [7, 11) is -2.68. The minimum absolute atomic E-state index is 0.00694. The number of nitrogen functional groups attached to an aromatic ring is 2. The smallest absolute Gasteiger partial charge is 0.423 e. The number of nitrogens with one attached hydrogen (secondary N) is 1. The van der Waals surface area contributed by atoms with Crippen molar-refractivity contribution in [3.63, 3.8) is 0 Å². The predicted octanol–water partition coefficient (Wildman–Crippen LogP) is 11.7. The Kier molecular flexibility index (Phi) is 19.7. The lowest BCUT2D eigenvalue weighted by Crippen LogP contribution is -2.31. The molecule has 0 saturated carbocycles. The molecule has 10 aromatic heterocycles. The molecule has 10 heterocycles. The zero-order valence-corrected chi connectivity index (χ0v) is 45.1. The van der Waals surface area contributed by atoms with E-state index in [0.29, 0.717) is 33.0 Å². The van der Waals surface area contributed by atoms with Crippen LogP contribution in [0.3, 0.4) is 0 Å². The summed E-state index contributed by atoms with van der Waals surface area (Å²) in [6.07, 6.45) is 13.8. The van der Waals surface area contributed by atoms with Gasteiger partial charge in [-0.2, -0.15) is 0 Å². The van der Waals surface area contributed by atoms with Crippen LogP contribution in [0.1, 0.15) is 0 Å². The summed E-state index contributed by atoms with van der Waals surface area (Å²) < 4.78 is 9.00. The van der Waals surface area contributed by atoms with Crippen molar-refractivity contribution in [3.05, 3.63) is 157 Å². The molecule has 0 atom stereocenters. The molecule has 0 aliphatic heterocycles. The van der Waals surface area contributed by atoms with Crippen molar-refractivity contribution >= 4 is 168 Å². The van der Waals surface area contributed by atoms with E-state index >= 15 is 0 Å². The number of ether oxygens (including phenoxy) is 1. The molecule has 0 aliphatic rings. The van der Waals surface area contributed by atoms with Crippen LogP contribution < -0.4 is 16.9 Å². The molecule has 15 nitrogen and oxygen atoms in total. The van der Waals surface area contributed by atoms with Crippen molar-refractivity contribution in [2.75, 3.05) is 18.1 Å². The van der Waals surface area contributed by atoms with Gasteiger partial charge >= 0.3 is 7.12 Å². The Morgan fingerprint density at radius 3 is 1.81 bits per heavy atom. The van der Waals surface area contributed by atoms with Crippen LogP contribution in [-0.2, 0) is 11.5 Å². The van der Waals surface area contributed by atoms with Crippen molar-refractivity contribution in [1.29, 1.82) is 0 Å². The maximum atomic E-state index is 8.68. The van der Waals surface area contributed by atoms with Crippen molar-refractivity contribution in [2.45, 2.75) is 32.4 Å². The molecular weight excluding hydrogens is 1150 g/mol. The van der Waals surface area contributed by atoms with E-state index in [4.69, 9.17) is 95.9 Å². The molecule has 0 saturated heterocycles. The monoisotopic (exact) mass is 1190 g/mol. The van der Waals surface area contributed by atoms with Gasteiger partial charge in [0.25, 0.3) is 0 Å². The molecule has 7 N–H and O–H groups in total. The van der Waals surface area contributed by atoms with E-state index in [2.05, 4.69) is 87.1 Å². The van der Waals surface area contributed by atoms with Crippen LogP contribution in [0.25, 0.3) is 55.0 Å². The third-order valence-corrected chi connectivity index (χ3v) is 13.9. The molecule has 0 spiro atoms. The van der Waals surface area contributed by atoms with Gasteiger partial charge in [-0.25, -0.2) is 19.9 Å². The van der Waals surface area contributed by atoms with E-state index < -0.39 is 15.2 Å². The highest BCUT2D eigenvalue weighted by atomic mass is 127. The van der Waals surface area contributed by atoms with Crippen molar-refractivity contribution < 1.29 is 14.8 Å². The van der Waals surface area contributed by atoms with Gasteiger partial charge in [-0.3, -0.25) is 24.5 Å². The van der Waals surface area contributed by atoms with E-state index in [1.807, 2.05) is 47.2 Å². The average Bonchev–Trinajstić information content (AvgIpc) is 3.84. The van der Waals surface area contributed by atoms with Gasteiger partial charge in [-0.05, 0) is 95.4 Å². The number of hydrogen-bond donors (Lipinski definition) is 5. The van der Waals surface area contributed by atoms with Crippen LogP contribution in [0.15, 0.2) is 122 Å². The average molecular weight is 1190 g/mol. The first kappa shape index (κ1) is 54.4. The molecule has 0 amide bonds. The number of rotatable bonds is 7. The van der Waals surface area contributed by atoms with Gasteiger partial charge in [0.1, 0.15) is 48.9 Å². The van der Waals surface area contributed by atoms with Gasteiger partial charge < -0.3 is 31.2 Å². The van der Waals surface area contributed by atoms with Crippen molar-refractivity contribution in [1.82, 2.24) is 49.4 Å². The molecule has 0 unspecified atom stereocenters. The lowest BCUT2D eigenvalue weighted by atomic mass is 9.82. The van der Waals surface area contributed by atoms with Crippen LogP contribution in [0.4, 0.5) is 11.4 Å². The second kappa shape index (κ2) is 25.4. The zero-order chi connectivity index (χ0) is 50.5. The molecule has 0 fully saturated rings. The molecule has 10 aromatic rings. The Morgan fingerprint density at radius 1 is 0.614 bits per heavy atom. The quantitative estimate of drug-likeness (QED) is 0.0434. The van der Waals surface area contributed by atoms with E-state index in [1.165, 1.54) is 12.1 Å².